The molecule has 12 nitrogen and oxygen atoms in total. The lowest BCUT2D eigenvalue weighted by molar-refractivity contribution is -0.0336. The van der Waals surface area contributed by atoms with E-state index in [1.807, 2.05) is 83.8 Å². The van der Waals surface area contributed by atoms with Gasteiger partial charge >= 0.3 is 6.09 Å². The second kappa shape index (κ2) is 17.2. The molecule has 0 unspecified atom stereocenters. The molecule has 5 N–H and O–H groups in total. The lowest BCUT2D eigenvalue weighted by atomic mass is 9.86. The van der Waals surface area contributed by atoms with Crippen LogP contribution in [0.4, 0.5) is 4.79 Å². The molecule has 4 aliphatic rings. The molecule has 0 spiro atoms. The molecule has 1 aromatic heterocycles. The van der Waals surface area contributed by atoms with Gasteiger partial charge in [0.25, 0.3) is 5.91 Å². The summed E-state index contributed by atoms with van der Waals surface area (Å²) in [7, 11) is 0. The van der Waals surface area contributed by atoms with Crippen LogP contribution in [0.5, 0.6) is 11.5 Å². The van der Waals surface area contributed by atoms with Crippen LogP contribution in [0.25, 0.3) is 10.9 Å². The number of aliphatic hydroxyl groups is 1. The first-order valence-corrected chi connectivity index (χ1v) is 19.9. The van der Waals surface area contributed by atoms with Crippen molar-refractivity contribution in [2.75, 3.05) is 39.3 Å². The molecule has 0 radical (unpaired) electrons. The molecule has 57 heavy (non-hydrogen) atoms. The first-order valence-electron chi connectivity index (χ1n) is 19.9. The maximum Gasteiger partial charge on any atom is 0.408 e. The van der Waals surface area contributed by atoms with Crippen molar-refractivity contribution >= 4 is 22.9 Å². The van der Waals surface area contributed by atoms with Crippen molar-refractivity contribution in [2.24, 2.45) is 5.92 Å². The van der Waals surface area contributed by atoms with Crippen LogP contribution in [-0.2, 0) is 11.3 Å². The number of ether oxygens (including phenoxy) is 2. The number of amides is 2. The molecule has 4 fully saturated rings. The number of rotatable bonds is 12. The number of hydrogen-bond donors (Lipinski definition) is 5. The number of aromatic amines is 1. The Balaban J connectivity index is 0.825. The number of phenolic OH excluding ortho intramolecular Hbond substituents is 1. The minimum atomic E-state index is -0.844. The molecule has 5 heterocycles. The molecule has 4 aliphatic heterocycles. The SMILES string of the molecule is O=C(N[C@@H](c1ccccc1)c1cccc(OCc2ccc(C(=O)N3CCC(NC[C@H](O)c4ccc(O)c5[nH]c(=O)ccc45)CC3)cc2)c1)O[C@H]1CN2CCC1CC2. The zero-order valence-electron chi connectivity index (χ0n) is 31.8. The van der Waals surface area contributed by atoms with Crippen molar-refractivity contribution in [3.8, 4) is 11.5 Å². The Bertz CT molecular complexity index is 2230. The number of likely N-dealkylation sites (tertiary alicyclic amines) is 1. The fraction of sp³-hybridized carbons (Fsp3) is 0.356. The van der Waals surface area contributed by atoms with E-state index < -0.39 is 18.2 Å². The third kappa shape index (κ3) is 8.99. The molecular weight excluding hydrogens is 723 g/mol. The van der Waals surface area contributed by atoms with Gasteiger partial charge in [0.1, 0.15) is 24.2 Å². The quantitative estimate of drug-likeness (QED) is 0.108. The van der Waals surface area contributed by atoms with E-state index in [4.69, 9.17) is 9.47 Å². The summed E-state index contributed by atoms with van der Waals surface area (Å²) in [6.07, 6.45) is 2.28. The summed E-state index contributed by atoms with van der Waals surface area (Å²) >= 11 is 0. The number of fused-ring (bicyclic) bond motifs is 4. The number of piperidine rings is 4. The largest absolute Gasteiger partial charge is 0.506 e. The van der Waals surface area contributed by atoms with Crippen LogP contribution in [0.2, 0.25) is 0 Å². The normalized spacial score (nSPS) is 20.5. The highest BCUT2D eigenvalue weighted by molar-refractivity contribution is 5.94. The Morgan fingerprint density at radius 3 is 2.33 bits per heavy atom. The molecule has 12 heteroatoms. The third-order valence-corrected chi connectivity index (χ3v) is 11.7. The predicted octanol–water partition coefficient (Wildman–Crippen LogP) is 5.65. The van der Waals surface area contributed by atoms with Crippen LogP contribution in [0.1, 0.15) is 70.4 Å². The zero-order chi connectivity index (χ0) is 39.3. The van der Waals surface area contributed by atoms with E-state index >= 15 is 0 Å². The maximum absolute atomic E-state index is 13.4. The Morgan fingerprint density at radius 2 is 1.60 bits per heavy atom. The molecule has 9 rings (SSSR count). The second-order valence-corrected chi connectivity index (χ2v) is 15.4. The summed E-state index contributed by atoms with van der Waals surface area (Å²) in [5, 5.41) is 28.3. The molecule has 2 amide bonds. The van der Waals surface area contributed by atoms with Gasteiger partial charge in [0, 0.05) is 49.2 Å². The van der Waals surface area contributed by atoms with E-state index in [0.717, 1.165) is 62.0 Å². The molecule has 296 valence electrons. The van der Waals surface area contributed by atoms with Gasteiger partial charge in [-0.05, 0) is 103 Å². The van der Waals surface area contributed by atoms with Crippen LogP contribution in [-0.4, -0.2) is 88.4 Å². The fourth-order valence-corrected chi connectivity index (χ4v) is 8.44. The van der Waals surface area contributed by atoms with Gasteiger partial charge in [-0.15, -0.1) is 0 Å². The van der Waals surface area contributed by atoms with E-state index in [1.165, 1.54) is 12.1 Å². The number of carbonyl (C=O) groups excluding carboxylic acids is 2. The van der Waals surface area contributed by atoms with Gasteiger partial charge in [-0.25, -0.2) is 4.79 Å². The van der Waals surface area contributed by atoms with Crippen LogP contribution < -0.4 is 20.9 Å². The van der Waals surface area contributed by atoms with Gasteiger partial charge in [0.05, 0.1) is 17.7 Å². The Morgan fingerprint density at radius 1 is 0.842 bits per heavy atom. The third-order valence-electron chi connectivity index (χ3n) is 11.7. The maximum atomic E-state index is 13.4. The predicted molar refractivity (Wildman–Crippen MR) is 216 cm³/mol. The van der Waals surface area contributed by atoms with E-state index in [1.54, 1.807) is 12.1 Å². The first-order chi connectivity index (χ1) is 27.8. The van der Waals surface area contributed by atoms with Crippen molar-refractivity contribution < 1.29 is 29.3 Å². The smallest absolute Gasteiger partial charge is 0.408 e. The minimum absolute atomic E-state index is 0.0234. The lowest BCUT2D eigenvalue weighted by Gasteiger charge is -2.43. The van der Waals surface area contributed by atoms with Gasteiger partial charge in [-0.3, -0.25) is 14.5 Å². The summed E-state index contributed by atoms with van der Waals surface area (Å²) in [6, 6.07) is 30.9. The van der Waals surface area contributed by atoms with Gasteiger partial charge < -0.3 is 40.2 Å². The number of aromatic nitrogens is 1. The number of aliphatic hydroxyl groups excluding tert-OH is 1. The average molecular weight is 772 g/mol. The Kier molecular flexibility index (Phi) is 11.5. The van der Waals surface area contributed by atoms with Crippen LogP contribution >= 0.6 is 0 Å². The highest BCUT2D eigenvalue weighted by Crippen LogP contribution is 2.32. The molecule has 3 atom stereocenters. The molecule has 5 aromatic rings. The molecule has 4 saturated heterocycles. The fourth-order valence-electron chi connectivity index (χ4n) is 8.44. The van der Waals surface area contributed by atoms with Crippen molar-refractivity contribution in [3.05, 3.63) is 141 Å². The second-order valence-electron chi connectivity index (χ2n) is 15.4. The monoisotopic (exact) mass is 771 g/mol. The lowest BCUT2D eigenvalue weighted by Crippen LogP contribution is -2.52. The molecule has 2 bridgehead atoms. The van der Waals surface area contributed by atoms with Crippen molar-refractivity contribution in [3.63, 3.8) is 0 Å². The average Bonchev–Trinajstić information content (AvgIpc) is 3.25. The number of nitrogens with one attached hydrogen (secondary N) is 3. The number of benzene rings is 4. The topological polar surface area (TPSA) is 156 Å². The number of nitrogens with zero attached hydrogens (tertiary/aromatic N) is 2. The van der Waals surface area contributed by atoms with Crippen LogP contribution in [0, 0.1) is 5.92 Å². The van der Waals surface area contributed by atoms with Gasteiger partial charge in [0.15, 0.2) is 0 Å². The van der Waals surface area contributed by atoms with Crippen molar-refractivity contribution in [1.29, 1.82) is 0 Å². The van der Waals surface area contributed by atoms with E-state index in [2.05, 4.69) is 20.5 Å². The Labute approximate surface area is 331 Å². The highest BCUT2D eigenvalue weighted by atomic mass is 16.6. The zero-order valence-corrected chi connectivity index (χ0v) is 31.8. The molecule has 0 aliphatic carbocycles. The van der Waals surface area contributed by atoms with Gasteiger partial charge in [0.2, 0.25) is 5.56 Å². The van der Waals surface area contributed by atoms with Gasteiger partial charge in [-0.1, -0.05) is 60.7 Å². The number of hydrogen-bond acceptors (Lipinski definition) is 9. The van der Waals surface area contributed by atoms with Crippen LogP contribution in [0.15, 0.2) is 108 Å². The number of aromatic hydroxyl groups is 1. The number of alkyl carbamates (subject to hydrolysis) is 1. The van der Waals surface area contributed by atoms with E-state index in [0.29, 0.717) is 59.9 Å². The number of pyridine rings is 1. The summed E-state index contributed by atoms with van der Waals surface area (Å²) in [5.74, 6) is 1.02. The van der Waals surface area contributed by atoms with Gasteiger partial charge in [-0.2, -0.15) is 0 Å². The Hall–Kier alpha value is -5.69. The number of phenols is 1. The summed E-state index contributed by atoms with van der Waals surface area (Å²) < 4.78 is 12.2. The highest BCUT2D eigenvalue weighted by Gasteiger charge is 2.37. The van der Waals surface area contributed by atoms with E-state index in [-0.39, 0.29) is 29.4 Å². The molecule has 0 saturated carbocycles. The van der Waals surface area contributed by atoms with E-state index in [9.17, 15) is 24.6 Å². The summed E-state index contributed by atoms with van der Waals surface area (Å²) in [4.78, 5) is 45.3. The first kappa shape index (κ1) is 38.2. The van der Waals surface area contributed by atoms with Crippen molar-refractivity contribution in [2.45, 2.75) is 56.6 Å². The number of carbonyl (C=O) groups is 2. The number of H-pyrrole nitrogens is 1. The molecular formula is C45H49N5O7. The molecule has 4 aromatic carbocycles. The minimum Gasteiger partial charge on any atom is -0.506 e. The standard InChI is InChI=1S/C45H49N5O7/c51-38-15-13-36(37-14-16-41(53)47-43(37)38)39(52)26-46-34-19-23-50(24-20-34)44(54)32-11-9-29(10-12-32)28-56-35-8-4-7-33(25-35)42(31-5-2-1-3-6-31)48-45(55)57-40-27-49-21-17-30(40)18-22-49/h1-16,25,30,34,39-40,42,46,51-52H,17-24,26-28H2,(H,47,53)(H,48,55)/t39-,40-,42-/m0/s1. The summed E-state index contributed by atoms with van der Waals surface area (Å²) in [5.41, 5.74) is 3.95. The van der Waals surface area contributed by atoms with Crippen molar-refractivity contribution in [1.82, 2.24) is 25.4 Å². The van der Waals surface area contributed by atoms with Crippen LogP contribution in [0.3, 0.4) is 0 Å². The summed E-state index contributed by atoms with van der Waals surface area (Å²) in [6.45, 7) is 4.74.